The van der Waals surface area contributed by atoms with E-state index in [4.69, 9.17) is 5.11 Å². The van der Waals surface area contributed by atoms with E-state index in [-0.39, 0.29) is 5.78 Å². The van der Waals surface area contributed by atoms with Gasteiger partial charge in [-0.15, -0.1) is 0 Å². The van der Waals surface area contributed by atoms with Crippen LogP contribution in [0.15, 0.2) is 0 Å². The van der Waals surface area contributed by atoms with Gasteiger partial charge in [0.15, 0.2) is 5.78 Å². The minimum absolute atomic E-state index is 0.200. The van der Waals surface area contributed by atoms with E-state index in [1.54, 1.807) is 0 Å². The Bertz CT molecular complexity index is 128. The summed E-state index contributed by atoms with van der Waals surface area (Å²) in [5.41, 5.74) is 0. The molecule has 3 heteroatoms. The fourth-order valence-electron chi connectivity index (χ4n) is 0.364. The smallest absolute Gasteiger partial charge is 0.168 e. The maximum absolute atomic E-state index is 10.5. The van der Waals surface area contributed by atoms with E-state index in [1.807, 2.05) is 0 Å². The molecule has 0 rings (SSSR count). The molecule has 0 saturated heterocycles. The van der Waals surface area contributed by atoms with Crippen LogP contribution in [0.5, 0.6) is 0 Å². The van der Waals surface area contributed by atoms with Crippen LogP contribution in [0.1, 0.15) is 13.8 Å². The molecule has 0 aliphatic rings. The first-order valence-corrected chi connectivity index (χ1v) is 2.73. The van der Waals surface area contributed by atoms with Crippen molar-refractivity contribution in [1.29, 1.82) is 0 Å². The van der Waals surface area contributed by atoms with E-state index in [0.717, 1.165) is 0 Å². The highest BCUT2D eigenvalue weighted by Crippen LogP contribution is 1.96. The largest absolute Gasteiger partial charge is 0.389 e. The van der Waals surface area contributed by atoms with Gasteiger partial charge in [-0.25, -0.2) is 0 Å². The van der Waals surface area contributed by atoms with Gasteiger partial charge in [0.1, 0.15) is 12.4 Å². The van der Waals surface area contributed by atoms with Crippen LogP contribution in [0.3, 0.4) is 0 Å². The maximum atomic E-state index is 10.5. The average molecular weight is 130 g/mol. The van der Waals surface area contributed by atoms with Crippen molar-refractivity contribution in [3.8, 4) is 0 Å². The minimum atomic E-state index is -0.644. The fraction of sp³-hybridized carbons (Fsp3) is 0.667. The molecule has 52 valence electrons. The van der Waals surface area contributed by atoms with Gasteiger partial charge >= 0.3 is 0 Å². The van der Waals surface area contributed by atoms with Crippen molar-refractivity contribution in [3.63, 3.8) is 0 Å². The topological polar surface area (TPSA) is 54.4 Å². The number of aliphatic hydroxyl groups is 1. The van der Waals surface area contributed by atoms with Crippen LogP contribution < -0.4 is 0 Å². The van der Waals surface area contributed by atoms with Gasteiger partial charge in [-0.3, -0.25) is 9.59 Å². The second kappa shape index (κ2) is 3.35. The van der Waals surface area contributed by atoms with E-state index in [9.17, 15) is 9.59 Å². The molecule has 1 N–H and O–H groups in total. The summed E-state index contributed by atoms with van der Waals surface area (Å²) >= 11 is 0. The van der Waals surface area contributed by atoms with Gasteiger partial charge in [0.05, 0.1) is 5.92 Å². The number of carbonyl (C=O) groups excluding carboxylic acids is 2. The van der Waals surface area contributed by atoms with Crippen molar-refractivity contribution >= 4 is 11.6 Å². The van der Waals surface area contributed by atoms with Crippen LogP contribution >= 0.6 is 0 Å². The lowest BCUT2D eigenvalue weighted by Gasteiger charge is -2.00. The summed E-state index contributed by atoms with van der Waals surface area (Å²) in [5.74, 6) is -1.26. The SMILES string of the molecule is CC(=O)C(C)C(=O)CO. The summed E-state index contributed by atoms with van der Waals surface area (Å²) < 4.78 is 0. The lowest BCUT2D eigenvalue weighted by molar-refractivity contribution is -0.132. The van der Waals surface area contributed by atoms with E-state index in [1.165, 1.54) is 13.8 Å². The lowest BCUT2D eigenvalue weighted by Crippen LogP contribution is -2.21. The molecule has 0 aromatic carbocycles. The van der Waals surface area contributed by atoms with Gasteiger partial charge < -0.3 is 5.11 Å². The van der Waals surface area contributed by atoms with Crippen molar-refractivity contribution in [2.24, 2.45) is 5.92 Å². The molecule has 0 heterocycles. The molecule has 0 bridgehead atoms. The summed E-state index contributed by atoms with van der Waals surface area (Å²) in [4.78, 5) is 20.9. The third kappa shape index (κ3) is 2.37. The molecule has 0 radical (unpaired) electrons. The van der Waals surface area contributed by atoms with E-state index >= 15 is 0 Å². The Labute approximate surface area is 53.7 Å². The predicted octanol–water partition coefficient (Wildman–Crippen LogP) is -0.227. The molecule has 9 heavy (non-hydrogen) atoms. The van der Waals surface area contributed by atoms with Gasteiger partial charge in [0.25, 0.3) is 0 Å². The predicted molar refractivity (Wildman–Crippen MR) is 31.9 cm³/mol. The van der Waals surface area contributed by atoms with Gasteiger partial charge in [-0.05, 0) is 13.8 Å². The molecular formula is C6H10O3. The van der Waals surface area contributed by atoms with Gasteiger partial charge in [0, 0.05) is 0 Å². The number of hydrogen-bond donors (Lipinski definition) is 1. The van der Waals surface area contributed by atoms with Gasteiger partial charge in [-0.1, -0.05) is 0 Å². The highest BCUT2D eigenvalue weighted by molar-refractivity contribution is 6.01. The average Bonchev–Trinajstić information content (AvgIpc) is 1.84. The summed E-state index contributed by atoms with van der Waals surface area (Å²) in [6, 6.07) is 0. The van der Waals surface area contributed by atoms with Crippen LogP contribution in [0.4, 0.5) is 0 Å². The Morgan fingerprint density at radius 1 is 1.56 bits per heavy atom. The Morgan fingerprint density at radius 2 is 2.00 bits per heavy atom. The molecule has 1 atom stereocenters. The number of aliphatic hydroxyl groups excluding tert-OH is 1. The fourth-order valence-corrected chi connectivity index (χ4v) is 0.364. The van der Waals surface area contributed by atoms with Gasteiger partial charge in [0.2, 0.25) is 0 Å². The molecule has 0 fully saturated rings. The van der Waals surface area contributed by atoms with Crippen LogP contribution in [0.25, 0.3) is 0 Å². The first kappa shape index (κ1) is 8.30. The van der Waals surface area contributed by atoms with Gasteiger partial charge in [-0.2, -0.15) is 0 Å². The summed E-state index contributed by atoms with van der Waals surface area (Å²) in [7, 11) is 0. The van der Waals surface area contributed by atoms with Crippen molar-refractivity contribution in [2.75, 3.05) is 6.61 Å². The normalized spacial score (nSPS) is 12.8. The summed E-state index contributed by atoms with van der Waals surface area (Å²) in [6.45, 7) is 2.28. The molecule has 0 spiro atoms. The minimum Gasteiger partial charge on any atom is -0.389 e. The Morgan fingerprint density at radius 3 is 2.11 bits per heavy atom. The Kier molecular flexibility index (Phi) is 3.09. The molecule has 0 amide bonds. The van der Waals surface area contributed by atoms with E-state index < -0.39 is 18.3 Å². The van der Waals surface area contributed by atoms with Crippen molar-refractivity contribution in [1.82, 2.24) is 0 Å². The molecule has 0 aromatic rings. The van der Waals surface area contributed by atoms with Crippen molar-refractivity contribution in [2.45, 2.75) is 13.8 Å². The second-order valence-corrected chi connectivity index (χ2v) is 1.96. The quantitative estimate of drug-likeness (QED) is 0.537. The van der Waals surface area contributed by atoms with Crippen LogP contribution in [0.2, 0.25) is 0 Å². The second-order valence-electron chi connectivity index (χ2n) is 1.96. The van der Waals surface area contributed by atoms with Crippen LogP contribution in [-0.4, -0.2) is 23.3 Å². The number of Topliss-reactive ketones (excluding diaryl/α,β-unsaturated/α-hetero) is 2. The third-order valence-electron chi connectivity index (χ3n) is 1.25. The number of ketones is 2. The summed E-state index contributed by atoms with van der Waals surface area (Å²) in [6.07, 6.45) is 0. The number of rotatable bonds is 3. The van der Waals surface area contributed by atoms with Crippen LogP contribution in [0, 0.1) is 5.92 Å². The molecule has 0 aliphatic heterocycles. The molecule has 0 aliphatic carbocycles. The van der Waals surface area contributed by atoms with Crippen molar-refractivity contribution < 1.29 is 14.7 Å². The highest BCUT2D eigenvalue weighted by atomic mass is 16.3. The summed E-state index contributed by atoms with van der Waals surface area (Å²) in [5, 5.41) is 8.25. The Balaban J connectivity index is 3.88. The standard InChI is InChI=1S/C6H10O3/c1-4(5(2)8)6(9)3-7/h4,7H,3H2,1-2H3. The van der Waals surface area contributed by atoms with E-state index in [2.05, 4.69) is 0 Å². The van der Waals surface area contributed by atoms with Crippen LogP contribution in [-0.2, 0) is 9.59 Å². The monoisotopic (exact) mass is 130 g/mol. The number of hydrogen-bond acceptors (Lipinski definition) is 3. The van der Waals surface area contributed by atoms with E-state index in [0.29, 0.717) is 0 Å². The molecule has 1 unspecified atom stereocenters. The number of carbonyl (C=O) groups is 2. The van der Waals surface area contributed by atoms with Crippen molar-refractivity contribution in [3.05, 3.63) is 0 Å². The first-order chi connectivity index (χ1) is 4.09. The zero-order chi connectivity index (χ0) is 7.44. The molecule has 0 aromatic heterocycles. The maximum Gasteiger partial charge on any atom is 0.168 e. The zero-order valence-corrected chi connectivity index (χ0v) is 5.55. The highest BCUT2D eigenvalue weighted by Gasteiger charge is 2.15. The third-order valence-corrected chi connectivity index (χ3v) is 1.25. The molecular weight excluding hydrogens is 120 g/mol. The first-order valence-electron chi connectivity index (χ1n) is 2.73. The molecule has 3 nitrogen and oxygen atoms in total. The Hall–Kier alpha value is -0.700. The molecule has 0 saturated carbocycles. The lowest BCUT2D eigenvalue weighted by atomic mass is 10.0. The zero-order valence-electron chi connectivity index (χ0n) is 5.55.